The molecule has 1 aliphatic rings. The molecule has 2 aromatic rings. The summed E-state index contributed by atoms with van der Waals surface area (Å²) in [7, 11) is 0. The van der Waals surface area contributed by atoms with Crippen LogP contribution in [-0.2, 0) is 11.2 Å². The van der Waals surface area contributed by atoms with Gasteiger partial charge in [-0.15, -0.1) is 11.8 Å². The van der Waals surface area contributed by atoms with Crippen LogP contribution in [0.15, 0.2) is 41.4 Å². The van der Waals surface area contributed by atoms with Crippen molar-refractivity contribution >= 4 is 29.3 Å². The molecular weight excluding hydrogens is 318 g/mol. The van der Waals surface area contributed by atoms with Gasteiger partial charge in [-0.2, -0.15) is 5.10 Å². The maximum absolute atomic E-state index is 12.2. The Morgan fingerprint density at radius 2 is 2.00 bits per heavy atom. The van der Waals surface area contributed by atoms with E-state index < -0.39 is 0 Å². The Balaban J connectivity index is 1.47. The number of carbonyl (C=O) groups is 1. The average molecular weight is 336 g/mol. The standard InChI is InChI=1S/C16H18ClN3OS/c17-12-1-3-14(4-2-12)22-15-6-9-20(10-7-15)16(21)11-13-5-8-18-19-13/h1-5,8,15H,6-7,9-11H2,(H,18,19). The van der Waals surface area contributed by atoms with Crippen LogP contribution in [0.5, 0.6) is 0 Å². The monoisotopic (exact) mass is 335 g/mol. The topological polar surface area (TPSA) is 49.0 Å². The zero-order valence-corrected chi connectivity index (χ0v) is 13.7. The van der Waals surface area contributed by atoms with Crippen molar-refractivity contribution in [2.75, 3.05) is 13.1 Å². The van der Waals surface area contributed by atoms with Gasteiger partial charge in [0.1, 0.15) is 0 Å². The molecule has 0 aliphatic carbocycles. The van der Waals surface area contributed by atoms with E-state index in [2.05, 4.69) is 22.3 Å². The number of rotatable bonds is 4. The Hall–Kier alpha value is -1.46. The number of likely N-dealkylation sites (tertiary alicyclic amines) is 1. The molecule has 0 spiro atoms. The first-order chi connectivity index (χ1) is 10.7. The van der Waals surface area contributed by atoms with Crippen molar-refractivity contribution in [2.45, 2.75) is 29.4 Å². The largest absolute Gasteiger partial charge is 0.342 e. The Morgan fingerprint density at radius 1 is 1.27 bits per heavy atom. The summed E-state index contributed by atoms with van der Waals surface area (Å²) in [5.74, 6) is 0.180. The van der Waals surface area contributed by atoms with Gasteiger partial charge in [0.05, 0.1) is 6.42 Å². The molecule has 1 saturated heterocycles. The molecule has 3 rings (SSSR count). The van der Waals surface area contributed by atoms with Crippen molar-refractivity contribution < 1.29 is 4.79 Å². The van der Waals surface area contributed by atoms with Gasteiger partial charge in [-0.05, 0) is 43.2 Å². The number of nitrogens with one attached hydrogen (secondary N) is 1. The molecule has 1 aromatic heterocycles. The predicted molar refractivity (Wildman–Crippen MR) is 89.2 cm³/mol. The first kappa shape index (κ1) is 15.4. The number of hydrogen-bond acceptors (Lipinski definition) is 3. The fraction of sp³-hybridized carbons (Fsp3) is 0.375. The van der Waals surface area contributed by atoms with Crippen molar-refractivity contribution in [1.29, 1.82) is 0 Å². The molecule has 0 unspecified atom stereocenters. The van der Waals surface area contributed by atoms with Gasteiger partial charge in [-0.1, -0.05) is 11.6 Å². The van der Waals surface area contributed by atoms with Gasteiger partial charge in [0.25, 0.3) is 0 Å². The number of H-pyrrole nitrogens is 1. The second kappa shape index (κ2) is 7.20. The van der Waals surface area contributed by atoms with E-state index in [0.29, 0.717) is 11.7 Å². The van der Waals surface area contributed by atoms with Crippen LogP contribution in [0.4, 0.5) is 0 Å². The molecule has 0 atom stereocenters. The fourth-order valence-corrected chi connectivity index (χ4v) is 3.84. The Morgan fingerprint density at radius 3 is 2.64 bits per heavy atom. The quantitative estimate of drug-likeness (QED) is 0.931. The van der Waals surface area contributed by atoms with E-state index >= 15 is 0 Å². The van der Waals surface area contributed by atoms with Gasteiger partial charge >= 0.3 is 0 Å². The summed E-state index contributed by atoms with van der Waals surface area (Å²) in [5, 5.41) is 8.05. The van der Waals surface area contributed by atoms with E-state index in [9.17, 15) is 4.79 Å². The molecule has 0 radical (unpaired) electrons. The number of amides is 1. The molecule has 22 heavy (non-hydrogen) atoms. The van der Waals surface area contributed by atoms with Gasteiger partial charge in [0.15, 0.2) is 0 Å². The number of carbonyl (C=O) groups excluding carboxylic acids is 1. The summed E-state index contributed by atoms with van der Waals surface area (Å²) in [6, 6.07) is 9.81. The SMILES string of the molecule is O=C(Cc1ccn[nH]1)N1CCC(Sc2ccc(Cl)cc2)CC1. The highest BCUT2D eigenvalue weighted by atomic mass is 35.5. The van der Waals surface area contributed by atoms with E-state index in [-0.39, 0.29) is 5.91 Å². The lowest BCUT2D eigenvalue weighted by molar-refractivity contribution is -0.131. The number of nitrogens with zero attached hydrogens (tertiary/aromatic N) is 2. The molecule has 0 saturated carbocycles. The smallest absolute Gasteiger partial charge is 0.228 e. The minimum atomic E-state index is 0.180. The molecule has 1 aliphatic heterocycles. The highest BCUT2D eigenvalue weighted by molar-refractivity contribution is 8.00. The van der Waals surface area contributed by atoms with E-state index in [1.807, 2.05) is 34.9 Å². The molecular formula is C16H18ClN3OS. The van der Waals surface area contributed by atoms with Crippen LogP contribution in [-0.4, -0.2) is 39.3 Å². The number of thioether (sulfide) groups is 1. The minimum absolute atomic E-state index is 0.180. The maximum atomic E-state index is 12.2. The van der Waals surface area contributed by atoms with Crippen LogP contribution in [0.2, 0.25) is 5.02 Å². The van der Waals surface area contributed by atoms with Crippen LogP contribution in [0.25, 0.3) is 0 Å². The normalized spacial score (nSPS) is 16.0. The molecule has 2 heterocycles. The third-order valence-electron chi connectivity index (χ3n) is 3.81. The van der Waals surface area contributed by atoms with E-state index in [0.717, 1.165) is 36.6 Å². The third kappa shape index (κ3) is 4.05. The van der Waals surface area contributed by atoms with Crippen LogP contribution >= 0.6 is 23.4 Å². The summed E-state index contributed by atoms with van der Waals surface area (Å²) in [6.07, 6.45) is 4.15. The highest BCUT2D eigenvalue weighted by Gasteiger charge is 2.23. The summed E-state index contributed by atoms with van der Waals surface area (Å²) in [5.41, 5.74) is 0.877. The number of halogens is 1. The van der Waals surface area contributed by atoms with Crippen molar-refractivity contribution in [2.24, 2.45) is 0 Å². The molecule has 1 fully saturated rings. The van der Waals surface area contributed by atoms with Gasteiger partial charge in [-0.3, -0.25) is 9.89 Å². The van der Waals surface area contributed by atoms with Gasteiger partial charge in [0.2, 0.25) is 5.91 Å². The molecule has 1 amide bonds. The van der Waals surface area contributed by atoms with E-state index in [1.165, 1.54) is 4.90 Å². The van der Waals surface area contributed by atoms with Crippen molar-refractivity contribution in [3.05, 3.63) is 47.2 Å². The third-order valence-corrected chi connectivity index (χ3v) is 5.41. The van der Waals surface area contributed by atoms with Crippen LogP contribution < -0.4 is 0 Å². The predicted octanol–water partition coefficient (Wildman–Crippen LogP) is 3.39. The molecule has 1 aromatic carbocycles. The second-order valence-electron chi connectivity index (χ2n) is 5.41. The average Bonchev–Trinajstić information content (AvgIpc) is 3.03. The number of hydrogen-bond donors (Lipinski definition) is 1. The maximum Gasteiger partial charge on any atom is 0.228 e. The number of benzene rings is 1. The van der Waals surface area contributed by atoms with Crippen LogP contribution in [0.3, 0.4) is 0 Å². The molecule has 4 nitrogen and oxygen atoms in total. The highest BCUT2D eigenvalue weighted by Crippen LogP contribution is 2.31. The lowest BCUT2D eigenvalue weighted by Crippen LogP contribution is -2.40. The summed E-state index contributed by atoms with van der Waals surface area (Å²) >= 11 is 7.79. The molecule has 6 heteroatoms. The fourth-order valence-electron chi connectivity index (χ4n) is 2.59. The van der Waals surface area contributed by atoms with Gasteiger partial charge in [0, 0.05) is 40.1 Å². The summed E-state index contributed by atoms with van der Waals surface area (Å²) in [6.45, 7) is 1.66. The van der Waals surface area contributed by atoms with E-state index in [4.69, 9.17) is 11.6 Å². The Kier molecular flexibility index (Phi) is 5.05. The summed E-state index contributed by atoms with van der Waals surface area (Å²) < 4.78 is 0. The lowest BCUT2D eigenvalue weighted by atomic mass is 10.1. The minimum Gasteiger partial charge on any atom is -0.342 e. The second-order valence-corrected chi connectivity index (χ2v) is 7.22. The number of aromatic nitrogens is 2. The van der Waals surface area contributed by atoms with Gasteiger partial charge in [-0.25, -0.2) is 0 Å². The molecule has 1 N–H and O–H groups in total. The number of aromatic amines is 1. The van der Waals surface area contributed by atoms with E-state index in [1.54, 1.807) is 6.20 Å². The first-order valence-electron chi connectivity index (χ1n) is 7.39. The van der Waals surface area contributed by atoms with Crippen molar-refractivity contribution in [3.63, 3.8) is 0 Å². The zero-order chi connectivity index (χ0) is 15.4. The summed E-state index contributed by atoms with van der Waals surface area (Å²) in [4.78, 5) is 15.4. The van der Waals surface area contributed by atoms with Gasteiger partial charge < -0.3 is 4.90 Å². The number of piperidine rings is 1. The van der Waals surface area contributed by atoms with Crippen LogP contribution in [0, 0.1) is 0 Å². The first-order valence-corrected chi connectivity index (χ1v) is 8.65. The zero-order valence-electron chi connectivity index (χ0n) is 12.2. The van der Waals surface area contributed by atoms with Crippen molar-refractivity contribution in [1.82, 2.24) is 15.1 Å². The molecule has 0 bridgehead atoms. The van der Waals surface area contributed by atoms with Crippen molar-refractivity contribution in [3.8, 4) is 0 Å². The Labute approximate surface area is 139 Å². The lowest BCUT2D eigenvalue weighted by Gasteiger charge is -2.31. The molecule has 116 valence electrons. The Bertz CT molecular complexity index is 607. The van der Waals surface area contributed by atoms with Crippen LogP contribution in [0.1, 0.15) is 18.5 Å².